The molecule has 0 aromatic rings. The van der Waals surface area contributed by atoms with E-state index in [4.69, 9.17) is 0 Å². The van der Waals surface area contributed by atoms with Gasteiger partial charge in [-0.1, -0.05) is 6.42 Å². The van der Waals surface area contributed by atoms with Crippen molar-refractivity contribution in [3.05, 3.63) is 0 Å². The quantitative estimate of drug-likeness (QED) is 0.569. The third-order valence-electron chi connectivity index (χ3n) is 2.13. The summed E-state index contributed by atoms with van der Waals surface area (Å²) in [4.78, 5) is 0. The van der Waals surface area contributed by atoms with E-state index in [1.165, 1.54) is 0 Å². The molecule has 1 atom stereocenters. The Bertz CT molecular complexity index is 114. The van der Waals surface area contributed by atoms with Gasteiger partial charge in [-0.25, -0.2) is 8.78 Å². The molecule has 1 saturated carbocycles. The number of thiol groups is 1. The molecular formula is C7H12F2S. The number of rotatable bonds is 1. The van der Waals surface area contributed by atoms with E-state index in [1.807, 2.05) is 0 Å². The fourth-order valence-corrected chi connectivity index (χ4v) is 1.84. The minimum absolute atomic E-state index is 0.0677. The van der Waals surface area contributed by atoms with Crippen LogP contribution in [0.1, 0.15) is 25.7 Å². The van der Waals surface area contributed by atoms with Gasteiger partial charge in [0.1, 0.15) is 0 Å². The van der Waals surface area contributed by atoms with Crippen molar-refractivity contribution in [1.29, 1.82) is 0 Å². The maximum atomic E-state index is 12.8. The van der Waals surface area contributed by atoms with Crippen LogP contribution in [0.3, 0.4) is 0 Å². The molecule has 0 saturated heterocycles. The molecule has 1 rings (SSSR count). The highest BCUT2D eigenvalue weighted by molar-refractivity contribution is 7.80. The van der Waals surface area contributed by atoms with Gasteiger partial charge in [0.05, 0.1) is 0 Å². The van der Waals surface area contributed by atoms with Gasteiger partial charge in [0, 0.05) is 12.3 Å². The smallest absolute Gasteiger partial charge is 0.207 e. The summed E-state index contributed by atoms with van der Waals surface area (Å²) in [5.74, 6) is -2.57. The summed E-state index contributed by atoms with van der Waals surface area (Å²) in [6.45, 7) is 0. The molecule has 0 spiro atoms. The van der Waals surface area contributed by atoms with Gasteiger partial charge in [-0.05, 0) is 18.6 Å². The molecule has 1 aliphatic rings. The lowest BCUT2D eigenvalue weighted by atomic mass is 9.87. The highest BCUT2D eigenvalue weighted by Crippen LogP contribution is 2.38. The second-order valence-corrected chi connectivity index (χ2v) is 3.25. The van der Waals surface area contributed by atoms with Crippen molar-refractivity contribution in [2.45, 2.75) is 31.6 Å². The maximum Gasteiger partial charge on any atom is 0.251 e. The lowest BCUT2D eigenvalue weighted by Crippen LogP contribution is -2.32. The minimum atomic E-state index is -2.43. The molecule has 1 unspecified atom stereocenters. The fraction of sp³-hybridized carbons (Fsp3) is 1.00. The molecule has 3 heteroatoms. The highest BCUT2D eigenvalue weighted by Gasteiger charge is 2.40. The minimum Gasteiger partial charge on any atom is -0.207 e. The molecule has 0 aliphatic heterocycles. The zero-order valence-corrected chi connectivity index (χ0v) is 6.71. The third kappa shape index (κ3) is 1.62. The van der Waals surface area contributed by atoms with E-state index in [9.17, 15) is 8.78 Å². The monoisotopic (exact) mass is 166 g/mol. The Balaban J connectivity index is 2.51. The molecule has 1 aliphatic carbocycles. The van der Waals surface area contributed by atoms with Crippen molar-refractivity contribution < 1.29 is 8.78 Å². The first kappa shape index (κ1) is 8.31. The number of hydrogen-bond donors (Lipinski definition) is 1. The first-order valence-corrected chi connectivity index (χ1v) is 4.29. The molecule has 0 aromatic heterocycles. The summed E-state index contributed by atoms with van der Waals surface area (Å²) in [6.07, 6.45) is 2.34. The molecule has 60 valence electrons. The van der Waals surface area contributed by atoms with Crippen LogP contribution < -0.4 is 0 Å². The zero-order valence-electron chi connectivity index (χ0n) is 5.82. The van der Waals surface area contributed by atoms with Gasteiger partial charge >= 0.3 is 0 Å². The van der Waals surface area contributed by atoms with Crippen LogP contribution in [0.15, 0.2) is 0 Å². The molecule has 1 fully saturated rings. The molecule has 0 heterocycles. The Kier molecular flexibility index (Phi) is 2.55. The van der Waals surface area contributed by atoms with Gasteiger partial charge in [0.15, 0.2) is 0 Å². The van der Waals surface area contributed by atoms with Gasteiger partial charge in [0.2, 0.25) is 0 Å². The second-order valence-electron chi connectivity index (χ2n) is 2.89. The van der Waals surface area contributed by atoms with E-state index in [1.54, 1.807) is 0 Å². The number of hydrogen-bond acceptors (Lipinski definition) is 1. The largest absolute Gasteiger partial charge is 0.251 e. The van der Waals surface area contributed by atoms with E-state index in [-0.39, 0.29) is 6.42 Å². The average molecular weight is 166 g/mol. The molecule has 0 bridgehead atoms. The fourth-order valence-electron chi connectivity index (χ4n) is 1.39. The predicted molar refractivity (Wildman–Crippen MR) is 40.8 cm³/mol. The van der Waals surface area contributed by atoms with Gasteiger partial charge in [0.25, 0.3) is 5.92 Å². The lowest BCUT2D eigenvalue weighted by Gasteiger charge is -2.29. The SMILES string of the molecule is FC1(F)CCCCC1CS. The summed E-state index contributed by atoms with van der Waals surface area (Å²) in [5.41, 5.74) is 0. The van der Waals surface area contributed by atoms with Crippen LogP contribution >= 0.6 is 12.6 Å². The van der Waals surface area contributed by atoms with E-state index in [2.05, 4.69) is 12.6 Å². The van der Waals surface area contributed by atoms with Crippen LogP contribution in [0.25, 0.3) is 0 Å². The second kappa shape index (κ2) is 3.07. The van der Waals surface area contributed by atoms with Crippen LogP contribution in [-0.4, -0.2) is 11.7 Å². The predicted octanol–water partition coefficient (Wildman–Crippen LogP) is 2.74. The summed E-state index contributed by atoms with van der Waals surface area (Å²) in [7, 11) is 0. The van der Waals surface area contributed by atoms with Gasteiger partial charge in [-0.15, -0.1) is 0 Å². The summed E-state index contributed by atoms with van der Waals surface area (Å²) >= 11 is 3.90. The van der Waals surface area contributed by atoms with E-state index in [0.29, 0.717) is 18.6 Å². The molecule has 0 nitrogen and oxygen atoms in total. The van der Waals surface area contributed by atoms with Crippen LogP contribution in [0.2, 0.25) is 0 Å². The van der Waals surface area contributed by atoms with Crippen LogP contribution in [0, 0.1) is 5.92 Å². The Hall–Kier alpha value is 0.210. The van der Waals surface area contributed by atoms with Gasteiger partial charge in [-0.3, -0.25) is 0 Å². The molecule has 10 heavy (non-hydrogen) atoms. The van der Waals surface area contributed by atoms with Crippen LogP contribution in [0.5, 0.6) is 0 Å². The maximum absolute atomic E-state index is 12.8. The van der Waals surface area contributed by atoms with Gasteiger partial charge in [-0.2, -0.15) is 12.6 Å². The average Bonchev–Trinajstić information content (AvgIpc) is 1.87. The van der Waals surface area contributed by atoms with Crippen molar-refractivity contribution in [1.82, 2.24) is 0 Å². The highest BCUT2D eigenvalue weighted by atomic mass is 32.1. The number of alkyl halides is 2. The molecule has 0 aromatic carbocycles. The van der Waals surface area contributed by atoms with Gasteiger partial charge < -0.3 is 0 Å². The standard InChI is InChI=1S/C7H12F2S/c8-7(9)4-2-1-3-6(7)5-10/h6,10H,1-5H2. The van der Waals surface area contributed by atoms with E-state index in [0.717, 1.165) is 6.42 Å². The summed E-state index contributed by atoms with van der Waals surface area (Å²) < 4.78 is 25.6. The number of halogens is 2. The normalized spacial score (nSPS) is 32.1. The van der Waals surface area contributed by atoms with E-state index < -0.39 is 11.8 Å². The van der Waals surface area contributed by atoms with Crippen LogP contribution in [-0.2, 0) is 0 Å². The van der Waals surface area contributed by atoms with Crippen molar-refractivity contribution in [3.63, 3.8) is 0 Å². The Morgan fingerprint density at radius 3 is 2.50 bits per heavy atom. The molecule has 0 N–H and O–H groups in total. The van der Waals surface area contributed by atoms with Crippen molar-refractivity contribution in [3.8, 4) is 0 Å². The summed E-state index contributed by atoms with van der Waals surface area (Å²) in [6, 6.07) is 0. The first-order chi connectivity index (χ1) is 4.67. The Morgan fingerprint density at radius 1 is 1.40 bits per heavy atom. The zero-order chi connectivity index (χ0) is 7.61. The lowest BCUT2D eigenvalue weighted by molar-refractivity contribution is -0.0763. The van der Waals surface area contributed by atoms with E-state index >= 15 is 0 Å². The Labute approximate surface area is 65.4 Å². The summed E-state index contributed by atoms with van der Waals surface area (Å²) in [5, 5.41) is 0. The third-order valence-corrected chi connectivity index (χ3v) is 2.57. The Morgan fingerprint density at radius 2 is 2.10 bits per heavy atom. The van der Waals surface area contributed by atoms with Crippen molar-refractivity contribution >= 4 is 12.6 Å². The molecule has 0 amide bonds. The van der Waals surface area contributed by atoms with Crippen LogP contribution in [0.4, 0.5) is 8.78 Å². The van der Waals surface area contributed by atoms with Crippen molar-refractivity contribution in [2.24, 2.45) is 5.92 Å². The topological polar surface area (TPSA) is 0 Å². The first-order valence-electron chi connectivity index (χ1n) is 3.65. The van der Waals surface area contributed by atoms with Crippen molar-refractivity contribution in [2.75, 3.05) is 5.75 Å². The molecular weight excluding hydrogens is 154 g/mol. The molecule has 0 radical (unpaired) electrons.